The van der Waals surface area contributed by atoms with E-state index in [1.165, 1.54) is 113 Å². The van der Waals surface area contributed by atoms with E-state index in [0.29, 0.717) is 0 Å². The number of nitrogens with zero attached hydrogens (tertiary/aromatic N) is 3. The van der Waals surface area contributed by atoms with Gasteiger partial charge in [-0.05, 0) is 185 Å². The minimum atomic E-state index is -0.127. The molecule has 0 bridgehead atoms. The first-order valence-corrected chi connectivity index (χ1v) is 24.8. The lowest BCUT2D eigenvalue weighted by atomic mass is 9.33. The first-order valence-electron chi connectivity index (χ1n) is 24.8. The Morgan fingerprint density at radius 3 is 1.36 bits per heavy atom. The van der Waals surface area contributed by atoms with Gasteiger partial charge in [-0.25, -0.2) is 0 Å². The normalized spacial score (nSPS) is 15.7. The van der Waals surface area contributed by atoms with Gasteiger partial charge < -0.3 is 14.7 Å². The number of hydrogen-bond acceptors (Lipinski definition) is 3. The summed E-state index contributed by atoms with van der Waals surface area (Å²) < 4.78 is 0. The lowest BCUT2D eigenvalue weighted by Gasteiger charge is -2.48. The molecule has 2 heterocycles. The van der Waals surface area contributed by atoms with Crippen LogP contribution >= 0.6 is 0 Å². The first-order chi connectivity index (χ1) is 31.5. The maximum absolute atomic E-state index is 2.70. The molecule has 2 aliphatic heterocycles. The zero-order chi connectivity index (χ0) is 47.7. The molecule has 0 atom stereocenters. The molecule has 0 unspecified atom stereocenters. The molecule has 0 saturated heterocycles. The fourth-order valence-electron chi connectivity index (χ4n) is 12.0. The van der Waals surface area contributed by atoms with E-state index in [4.69, 9.17) is 0 Å². The van der Waals surface area contributed by atoms with Gasteiger partial charge in [0.1, 0.15) is 0 Å². The van der Waals surface area contributed by atoms with E-state index in [-0.39, 0.29) is 28.4 Å². The predicted molar refractivity (Wildman–Crippen MR) is 292 cm³/mol. The third-order valence-corrected chi connectivity index (χ3v) is 15.6. The van der Waals surface area contributed by atoms with Crippen molar-refractivity contribution < 1.29 is 0 Å². The fraction of sp³-hybridized carbons (Fsp3) is 0.333. The second-order valence-corrected chi connectivity index (χ2v) is 23.7. The summed E-state index contributed by atoms with van der Waals surface area (Å²) in [4.78, 5) is 7.81. The van der Waals surface area contributed by atoms with Crippen LogP contribution in [0.25, 0.3) is 0 Å². The van der Waals surface area contributed by atoms with Crippen molar-refractivity contribution in [2.24, 2.45) is 0 Å². The highest BCUT2D eigenvalue weighted by Crippen LogP contribution is 2.53. The Bertz CT molecular complexity index is 3020. The molecule has 0 saturated carbocycles. The number of fused-ring (bicyclic) bond motifs is 5. The molecule has 4 heteroatoms. The van der Waals surface area contributed by atoms with E-state index in [9.17, 15) is 0 Å². The molecule has 0 amide bonds. The molecular weight excluding hydrogens is 810 g/mol. The van der Waals surface area contributed by atoms with E-state index in [0.717, 1.165) is 17.1 Å². The zero-order valence-corrected chi connectivity index (χ0v) is 43.0. The number of aryl methyl sites for hydroxylation is 5. The molecule has 7 aromatic carbocycles. The third kappa shape index (κ3) is 7.33. The molecule has 67 heavy (non-hydrogen) atoms. The third-order valence-electron chi connectivity index (χ3n) is 15.6. The summed E-state index contributed by atoms with van der Waals surface area (Å²) in [5.41, 5.74) is 27.3. The molecule has 1 aliphatic carbocycles. The van der Waals surface area contributed by atoms with Crippen LogP contribution in [-0.2, 0) is 21.7 Å². The van der Waals surface area contributed by atoms with Crippen LogP contribution in [-0.4, -0.2) is 6.71 Å². The molecule has 0 fully saturated rings. The van der Waals surface area contributed by atoms with Gasteiger partial charge in [-0.2, -0.15) is 0 Å². The molecule has 0 aromatic heterocycles. The Labute approximate surface area is 403 Å². The van der Waals surface area contributed by atoms with Crippen LogP contribution < -0.4 is 31.1 Å². The van der Waals surface area contributed by atoms with Gasteiger partial charge in [0.05, 0.1) is 11.4 Å². The maximum atomic E-state index is 2.70. The van der Waals surface area contributed by atoms with Crippen molar-refractivity contribution in [2.45, 2.75) is 138 Å². The van der Waals surface area contributed by atoms with Crippen LogP contribution in [0.2, 0.25) is 0 Å². The second-order valence-electron chi connectivity index (χ2n) is 23.7. The Morgan fingerprint density at radius 2 is 0.881 bits per heavy atom. The van der Waals surface area contributed by atoms with E-state index in [1.54, 1.807) is 0 Å². The summed E-state index contributed by atoms with van der Waals surface area (Å²) in [5, 5.41) is 0. The number of hydrogen-bond donors (Lipinski definition) is 0. The average molecular weight is 880 g/mol. The van der Waals surface area contributed by atoms with Gasteiger partial charge in [-0.15, -0.1) is 0 Å². The summed E-state index contributed by atoms with van der Waals surface area (Å²) >= 11 is 0. The summed E-state index contributed by atoms with van der Waals surface area (Å²) in [6.07, 6.45) is 2.33. The lowest BCUT2D eigenvalue weighted by molar-refractivity contribution is 0.332. The maximum Gasteiger partial charge on any atom is 0.252 e. The molecule has 0 radical (unpaired) electrons. The lowest BCUT2D eigenvalue weighted by Crippen LogP contribution is -2.62. The van der Waals surface area contributed by atoms with Crippen molar-refractivity contribution in [3.63, 3.8) is 0 Å². The van der Waals surface area contributed by atoms with E-state index in [1.807, 2.05) is 0 Å². The highest BCUT2D eigenvalue weighted by molar-refractivity contribution is 7.00. The summed E-state index contributed by atoms with van der Waals surface area (Å²) in [6, 6.07) is 49.2. The SMILES string of the molecule is Cc1cc(C)c(N2c3cc4c(cc3B3c5ccc(N(c6ccccc6)c6ccccc6)cc5N(c5c(C)cc(C(C)(C)C)cc5C)c5cc(C(C)(C)C)cc2c53)C(C)(C)CCC4(C)C)c(C)c1. The van der Waals surface area contributed by atoms with Crippen LogP contribution in [0.4, 0.5) is 51.2 Å². The molecule has 3 nitrogen and oxygen atoms in total. The van der Waals surface area contributed by atoms with Gasteiger partial charge in [0.25, 0.3) is 6.71 Å². The van der Waals surface area contributed by atoms with Crippen molar-refractivity contribution in [1.29, 1.82) is 0 Å². The van der Waals surface area contributed by atoms with Crippen LogP contribution in [0, 0.1) is 34.6 Å². The first kappa shape index (κ1) is 44.8. The molecule has 7 aromatic rings. The monoisotopic (exact) mass is 880 g/mol. The highest BCUT2D eigenvalue weighted by atomic mass is 15.2. The van der Waals surface area contributed by atoms with Gasteiger partial charge in [0.2, 0.25) is 0 Å². The number of benzene rings is 7. The second kappa shape index (κ2) is 15.5. The number of anilines is 9. The molecule has 340 valence electrons. The smallest absolute Gasteiger partial charge is 0.252 e. The van der Waals surface area contributed by atoms with Crippen LogP contribution in [0.3, 0.4) is 0 Å². The van der Waals surface area contributed by atoms with Gasteiger partial charge in [0, 0.05) is 39.8 Å². The van der Waals surface area contributed by atoms with E-state index in [2.05, 4.69) is 246 Å². The predicted octanol–water partition coefficient (Wildman–Crippen LogP) is 15.7. The summed E-state index contributed by atoms with van der Waals surface area (Å²) in [7, 11) is 0. The Balaban J connectivity index is 1.37. The summed E-state index contributed by atoms with van der Waals surface area (Å²) in [6.45, 7) is 35.6. The Morgan fingerprint density at radius 1 is 0.448 bits per heavy atom. The molecule has 0 spiro atoms. The quantitative estimate of drug-likeness (QED) is 0.160. The molecule has 10 rings (SSSR count). The Hall–Kier alpha value is -6.00. The molecule has 3 aliphatic rings. The van der Waals surface area contributed by atoms with Crippen molar-refractivity contribution in [1.82, 2.24) is 0 Å². The number of rotatable bonds is 5. The average Bonchev–Trinajstić information content (AvgIpc) is 3.25. The summed E-state index contributed by atoms with van der Waals surface area (Å²) in [5.74, 6) is 0. The zero-order valence-electron chi connectivity index (χ0n) is 43.0. The Kier molecular flexibility index (Phi) is 10.4. The van der Waals surface area contributed by atoms with E-state index >= 15 is 0 Å². The van der Waals surface area contributed by atoms with E-state index < -0.39 is 0 Å². The van der Waals surface area contributed by atoms with Crippen LogP contribution in [0.5, 0.6) is 0 Å². The molecule has 0 N–H and O–H groups in total. The topological polar surface area (TPSA) is 9.72 Å². The van der Waals surface area contributed by atoms with Gasteiger partial charge in [-0.3, -0.25) is 0 Å². The highest BCUT2D eigenvalue weighted by Gasteiger charge is 2.48. The van der Waals surface area contributed by atoms with Crippen LogP contribution in [0.15, 0.2) is 127 Å². The van der Waals surface area contributed by atoms with Crippen molar-refractivity contribution in [3.05, 3.63) is 177 Å². The van der Waals surface area contributed by atoms with Crippen molar-refractivity contribution >= 4 is 74.3 Å². The number of para-hydroxylation sites is 2. The minimum Gasteiger partial charge on any atom is -0.311 e. The fourth-order valence-corrected chi connectivity index (χ4v) is 12.0. The van der Waals surface area contributed by atoms with Gasteiger partial charge in [-0.1, -0.05) is 148 Å². The standard InChI is InChI=1S/C63H70BN3/c1-39-30-40(2)58(41(3)31-39)67-54-38-50-49(62(12,13)28-29-63(50,14)15)37-52(54)64-51-27-26-48(65(46-22-18-16-19-23-46)47-24-20-17-21-25-47)36-53(51)66(55-34-45(61(9,10)11)35-56(67)57(55)64)59-42(4)32-44(33-43(59)5)60(6,7)8/h16-27,30-38H,28-29H2,1-15H3. The molecular formula is C63H70BN3. The van der Waals surface area contributed by atoms with Gasteiger partial charge in [0.15, 0.2) is 0 Å². The van der Waals surface area contributed by atoms with Crippen molar-refractivity contribution in [2.75, 3.05) is 14.7 Å². The van der Waals surface area contributed by atoms with Crippen LogP contribution in [0.1, 0.15) is 132 Å². The van der Waals surface area contributed by atoms with Gasteiger partial charge >= 0.3 is 0 Å². The largest absolute Gasteiger partial charge is 0.311 e. The minimum absolute atomic E-state index is 0.000807. The van der Waals surface area contributed by atoms with Crippen molar-refractivity contribution in [3.8, 4) is 0 Å².